The summed E-state index contributed by atoms with van der Waals surface area (Å²) in [4.78, 5) is 2.14. The number of anilines is 2. The molecule has 0 amide bonds. The third-order valence-corrected chi connectivity index (χ3v) is 4.52. The van der Waals surface area contributed by atoms with Crippen molar-refractivity contribution in [2.24, 2.45) is 0 Å². The zero-order valence-corrected chi connectivity index (χ0v) is 14.4. The summed E-state index contributed by atoms with van der Waals surface area (Å²) in [5.74, 6) is 0.736. The van der Waals surface area contributed by atoms with Gasteiger partial charge in [0.05, 0.1) is 4.90 Å². The van der Waals surface area contributed by atoms with Gasteiger partial charge in [-0.25, -0.2) is 8.42 Å². The van der Waals surface area contributed by atoms with Crippen molar-refractivity contribution < 1.29 is 8.42 Å². The standard InChI is InChI=1S/C14H18ClN5O2S/c1-20(2)10-9-16-13-7-8-14(18-17-13)19-23(21,22)12-5-3-11(15)4-6-12/h3-8H,9-10H2,1-2H3,(H,16,17)(H,18,19). The Kier molecular flexibility index (Phi) is 5.75. The van der Waals surface area contributed by atoms with Gasteiger partial charge in [-0.05, 0) is 50.5 Å². The van der Waals surface area contributed by atoms with E-state index >= 15 is 0 Å². The molecule has 0 unspecified atom stereocenters. The molecule has 0 bridgehead atoms. The fourth-order valence-corrected chi connectivity index (χ4v) is 2.82. The highest BCUT2D eigenvalue weighted by molar-refractivity contribution is 7.92. The number of halogens is 1. The molecule has 23 heavy (non-hydrogen) atoms. The van der Waals surface area contributed by atoms with Crippen LogP contribution in [0.3, 0.4) is 0 Å². The van der Waals surface area contributed by atoms with Crippen LogP contribution in [0.25, 0.3) is 0 Å². The van der Waals surface area contributed by atoms with Crippen LogP contribution in [0.5, 0.6) is 0 Å². The molecular weight excluding hydrogens is 338 g/mol. The molecular formula is C14H18ClN5O2S. The molecule has 9 heteroatoms. The van der Waals surface area contributed by atoms with Crippen molar-refractivity contribution in [1.29, 1.82) is 0 Å². The second-order valence-corrected chi connectivity index (χ2v) is 7.21. The minimum Gasteiger partial charge on any atom is -0.367 e. The van der Waals surface area contributed by atoms with Crippen LogP contribution in [-0.2, 0) is 10.0 Å². The molecule has 1 aromatic carbocycles. The van der Waals surface area contributed by atoms with E-state index in [9.17, 15) is 8.42 Å². The van der Waals surface area contributed by atoms with E-state index in [1.165, 1.54) is 24.3 Å². The van der Waals surface area contributed by atoms with Crippen LogP contribution in [-0.4, -0.2) is 50.7 Å². The molecule has 1 aromatic heterocycles. The van der Waals surface area contributed by atoms with E-state index in [4.69, 9.17) is 11.6 Å². The van der Waals surface area contributed by atoms with Gasteiger partial charge in [0.25, 0.3) is 10.0 Å². The van der Waals surface area contributed by atoms with E-state index in [2.05, 4.69) is 20.2 Å². The number of sulfonamides is 1. The molecule has 0 saturated carbocycles. The smallest absolute Gasteiger partial charge is 0.263 e. The van der Waals surface area contributed by atoms with Crippen LogP contribution in [0.4, 0.5) is 11.6 Å². The van der Waals surface area contributed by atoms with Crippen LogP contribution in [0.2, 0.25) is 5.02 Å². The van der Waals surface area contributed by atoms with E-state index in [-0.39, 0.29) is 10.7 Å². The van der Waals surface area contributed by atoms with Crippen LogP contribution < -0.4 is 10.0 Å². The Balaban J connectivity index is 2.01. The number of benzene rings is 1. The fraction of sp³-hybridized carbons (Fsp3) is 0.286. The molecule has 7 nitrogen and oxygen atoms in total. The summed E-state index contributed by atoms with van der Waals surface area (Å²) in [6.07, 6.45) is 0. The number of nitrogens with zero attached hydrogens (tertiary/aromatic N) is 3. The summed E-state index contributed by atoms with van der Waals surface area (Å²) in [5.41, 5.74) is 0. The van der Waals surface area contributed by atoms with Gasteiger partial charge in [-0.3, -0.25) is 4.72 Å². The summed E-state index contributed by atoms with van der Waals surface area (Å²) in [7, 11) is 0.239. The first-order valence-electron chi connectivity index (χ1n) is 6.87. The van der Waals surface area contributed by atoms with Crippen LogP contribution in [0.1, 0.15) is 0 Å². The van der Waals surface area contributed by atoms with E-state index in [1.54, 1.807) is 12.1 Å². The van der Waals surface area contributed by atoms with Gasteiger partial charge in [-0.1, -0.05) is 11.6 Å². The maximum absolute atomic E-state index is 12.2. The molecule has 1 heterocycles. The first-order chi connectivity index (χ1) is 10.9. The normalized spacial score (nSPS) is 11.5. The van der Waals surface area contributed by atoms with Gasteiger partial charge in [-0.2, -0.15) is 0 Å². The molecule has 0 saturated heterocycles. The Morgan fingerprint density at radius 1 is 1.04 bits per heavy atom. The van der Waals surface area contributed by atoms with E-state index in [0.717, 1.165) is 13.1 Å². The molecule has 0 aliphatic heterocycles. The lowest BCUT2D eigenvalue weighted by atomic mass is 10.4. The SMILES string of the molecule is CN(C)CCNc1ccc(NS(=O)(=O)c2ccc(Cl)cc2)nn1. The zero-order valence-electron chi connectivity index (χ0n) is 12.8. The average Bonchev–Trinajstić information content (AvgIpc) is 2.49. The molecule has 0 fully saturated rings. The van der Waals surface area contributed by atoms with E-state index < -0.39 is 10.0 Å². The van der Waals surface area contributed by atoms with Crippen LogP contribution in [0.15, 0.2) is 41.3 Å². The van der Waals surface area contributed by atoms with Gasteiger partial charge >= 0.3 is 0 Å². The van der Waals surface area contributed by atoms with Crippen molar-refractivity contribution >= 4 is 33.3 Å². The number of aromatic nitrogens is 2. The number of nitrogens with one attached hydrogen (secondary N) is 2. The lowest BCUT2D eigenvalue weighted by Crippen LogP contribution is -2.21. The van der Waals surface area contributed by atoms with Gasteiger partial charge < -0.3 is 10.2 Å². The highest BCUT2D eigenvalue weighted by atomic mass is 35.5. The Hall–Kier alpha value is -1.90. The Bertz CT molecular complexity index is 733. The Morgan fingerprint density at radius 3 is 2.22 bits per heavy atom. The van der Waals surface area contributed by atoms with Crippen molar-refractivity contribution in [2.45, 2.75) is 4.90 Å². The summed E-state index contributed by atoms with van der Waals surface area (Å²) >= 11 is 5.75. The topological polar surface area (TPSA) is 87.2 Å². The van der Waals surface area contributed by atoms with Crippen LogP contribution in [0, 0.1) is 0 Å². The van der Waals surface area contributed by atoms with E-state index in [1.807, 2.05) is 19.0 Å². The maximum Gasteiger partial charge on any atom is 0.263 e. The quantitative estimate of drug-likeness (QED) is 0.788. The Morgan fingerprint density at radius 2 is 1.65 bits per heavy atom. The minimum absolute atomic E-state index is 0.108. The van der Waals surface area contributed by atoms with Gasteiger partial charge in [0.1, 0.15) is 5.82 Å². The molecule has 2 N–H and O–H groups in total. The first kappa shape index (κ1) is 17.5. The lowest BCUT2D eigenvalue weighted by molar-refractivity contribution is 0.425. The predicted molar refractivity (Wildman–Crippen MR) is 91.3 cm³/mol. The van der Waals surface area contributed by atoms with Crippen molar-refractivity contribution in [3.63, 3.8) is 0 Å². The molecule has 0 aliphatic carbocycles. The largest absolute Gasteiger partial charge is 0.367 e. The predicted octanol–water partition coefficient (Wildman–Crippen LogP) is 1.90. The maximum atomic E-state index is 12.2. The molecule has 0 aliphatic rings. The third-order valence-electron chi connectivity index (χ3n) is 2.89. The fourth-order valence-electron chi connectivity index (χ4n) is 1.70. The lowest BCUT2D eigenvalue weighted by Gasteiger charge is -2.11. The number of hydrogen-bond donors (Lipinski definition) is 2. The van der Waals surface area contributed by atoms with Gasteiger partial charge in [0.2, 0.25) is 0 Å². The van der Waals surface area contributed by atoms with Gasteiger partial charge in [0.15, 0.2) is 5.82 Å². The monoisotopic (exact) mass is 355 g/mol. The second kappa shape index (κ2) is 7.58. The van der Waals surface area contributed by atoms with Gasteiger partial charge in [0, 0.05) is 18.1 Å². The second-order valence-electron chi connectivity index (χ2n) is 5.09. The molecule has 0 spiro atoms. The third kappa shape index (κ3) is 5.34. The molecule has 0 radical (unpaired) electrons. The number of hydrogen-bond acceptors (Lipinski definition) is 6. The highest BCUT2D eigenvalue weighted by Crippen LogP contribution is 2.17. The van der Waals surface area contributed by atoms with Crippen molar-refractivity contribution in [3.8, 4) is 0 Å². The Labute approximate surface area is 140 Å². The number of rotatable bonds is 7. The summed E-state index contributed by atoms with van der Waals surface area (Å²) in [6.45, 7) is 1.57. The zero-order chi connectivity index (χ0) is 16.9. The number of likely N-dealkylation sites (N-methyl/N-ethyl adjacent to an activating group) is 1. The molecule has 2 rings (SSSR count). The first-order valence-corrected chi connectivity index (χ1v) is 8.74. The van der Waals surface area contributed by atoms with Crippen molar-refractivity contribution in [2.75, 3.05) is 37.2 Å². The summed E-state index contributed by atoms with van der Waals surface area (Å²) in [6, 6.07) is 9.10. The average molecular weight is 356 g/mol. The molecule has 2 aromatic rings. The highest BCUT2D eigenvalue weighted by Gasteiger charge is 2.14. The summed E-state index contributed by atoms with van der Waals surface area (Å²) < 4.78 is 26.8. The molecule has 124 valence electrons. The van der Waals surface area contributed by atoms with Crippen LogP contribution >= 0.6 is 11.6 Å². The summed E-state index contributed by atoms with van der Waals surface area (Å²) in [5, 5.41) is 11.4. The van der Waals surface area contributed by atoms with Crippen molar-refractivity contribution in [1.82, 2.24) is 15.1 Å². The van der Waals surface area contributed by atoms with E-state index in [0.29, 0.717) is 10.8 Å². The van der Waals surface area contributed by atoms with Gasteiger partial charge in [-0.15, -0.1) is 10.2 Å². The molecule has 0 atom stereocenters. The minimum atomic E-state index is -3.71. The van der Waals surface area contributed by atoms with Crippen molar-refractivity contribution in [3.05, 3.63) is 41.4 Å².